The summed E-state index contributed by atoms with van der Waals surface area (Å²) in [6, 6.07) is 2.99. The lowest BCUT2D eigenvalue weighted by molar-refractivity contribution is 0.0691. The van der Waals surface area contributed by atoms with Crippen LogP contribution in [0, 0.1) is 5.82 Å². The molecule has 0 unspecified atom stereocenters. The van der Waals surface area contributed by atoms with Crippen LogP contribution in [0.5, 0.6) is 0 Å². The van der Waals surface area contributed by atoms with Crippen molar-refractivity contribution >= 4 is 5.97 Å². The van der Waals surface area contributed by atoms with Crippen molar-refractivity contribution in [1.82, 2.24) is 0 Å². The van der Waals surface area contributed by atoms with Gasteiger partial charge in [0.25, 0.3) is 0 Å². The van der Waals surface area contributed by atoms with Crippen molar-refractivity contribution in [3.05, 3.63) is 35.1 Å². The van der Waals surface area contributed by atoms with Gasteiger partial charge >= 0.3 is 5.97 Å². The molecule has 0 amide bonds. The number of halogens is 1. The van der Waals surface area contributed by atoms with Crippen molar-refractivity contribution < 1.29 is 19.4 Å². The Kier molecular flexibility index (Phi) is 3.16. The summed E-state index contributed by atoms with van der Waals surface area (Å²) in [6.07, 6.45) is 0. The first-order chi connectivity index (χ1) is 6.57. The minimum Gasteiger partial charge on any atom is -0.478 e. The molecular weight excluding hydrogens is 189 g/mol. The zero-order valence-corrected chi connectivity index (χ0v) is 7.27. The number of nitrogens with two attached hydrogens (primary N) is 1. The standard InChI is InChI=1S/C9H10FNO3/c10-8-5(7(11)4-12)2-1-3-6(8)9(13)14/h1-3,7,12H,4,11H2,(H,13,14)/t7-/m0/s1. The van der Waals surface area contributed by atoms with E-state index in [1.54, 1.807) is 0 Å². The lowest BCUT2D eigenvalue weighted by Crippen LogP contribution is -2.17. The third-order valence-electron chi connectivity index (χ3n) is 1.86. The quantitative estimate of drug-likeness (QED) is 0.662. The molecule has 4 N–H and O–H groups in total. The maximum absolute atomic E-state index is 13.4. The van der Waals surface area contributed by atoms with Crippen molar-refractivity contribution in [2.24, 2.45) is 5.73 Å². The van der Waals surface area contributed by atoms with Crippen LogP contribution in [-0.2, 0) is 0 Å². The Labute approximate surface area is 79.8 Å². The number of rotatable bonds is 3. The Morgan fingerprint density at radius 3 is 2.71 bits per heavy atom. The fraction of sp³-hybridized carbons (Fsp3) is 0.222. The van der Waals surface area contributed by atoms with Gasteiger partial charge in [0.1, 0.15) is 5.82 Å². The second-order valence-corrected chi connectivity index (χ2v) is 2.80. The van der Waals surface area contributed by atoms with Gasteiger partial charge < -0.3 is 15.9 Å². The predicted molar refractivity (Wildman–Crippen MR) is 47.4 cm³/mol. The van der Waals surface area contributed by atoms with E-state index in [0.717, 1.165) is 6.07 Å². The van der Waals surface area contributed by atoms with Crippen LogP contribution in [0.1, 0.15) is 22.0 Å². The monoisotopic (exact) mass is 199 g/mol. The van der Waals surface area contributed by atoms with Gasteiger partial charge in [-0.25, -0.2) is 9.18 Å². The van der Waals surface area contributed by atoms with Crippen molar-refractivity contribution in [1.29, 1.82) is 0 Å². The number of benzene rings is 1. The van der Waals surface area contributed by atoms with Crippen LogP contribution >= 0.6 is 0 Å². The van der Waals surface area contributed by atoms with E-state index >= 15 is 0 Å². The molecular formula is C9H10FNO3. The molecule has 1 aromatic carbocycles. The van der Waals surface area contributed by atoms with Crippen molar-refractivity contribution in [2.45, 2.75) is 6.04 Å². The van der Waals surface area contributed by atoms with Crippen LogP contribution in [0.2, 0.25) is 0 Å². The third-order valence-corrected chi connectivity index (χ3v) is 1.86. The highest BCUT2D eigenvalue weighted by Gasteiger charge is 2.17. The van der Waals surface area contributed by atoms with Crippen LogP contribution < -0.4 is 5.73 Å². The van der Waals surface area contributed by atoms with Gasteiger partial charge in [-0.1, -0.05) is 12.1 Å². The van der Waals surface area contributed by atoms with E-state index in [1.165, 1.54) is 12.1 Å². The molecule has 0 bridgehead atoms. The van der Waals surface area contributed by atoms with E-state index in [-0.39, 0.29) is 5.56 Å². The largest absolute Gasteiger partial charge is 0.478 e. The van der Waals surface area contributed by atoms with Crippen molar-refractivity contribution in [2.75, 3.05) is 6.61 Å². The number of hydrogen-bond donors (Lipinski definition) is 3. The maximum Gasteiger partial charge on any atom is 0.338 e. The first-order valence-electron chi connectivity index (χ1n) is 3.96. The fourth-order valence-electron chi connectivity index (χ4n) is 1.10. The topological polar surface area (TPSA) is 83.5 Å². The molecule has 0 radical (unpaired) electrons. The van der Waals surface area contributed by atoms with Gasteiger partial charge in [0.15, 0.2) is 0 Å². The Hall–Kier alpha value is -1.46. The first kappa shape index (κ1) is 10.6. The minimum atomic E-state index is -1.35. The van der Waals surface area contributed by atoms with Crippen LogP contribution in [0.15, 0.2) is 18.2 Å². The molecule has 0 fully saturated rings. The van der Waals surface area contributed by atoms with Crippen molar-refractivity contribution in [3.63, 3.8) is 0 Å². The second-order valence-electron chi connectivity index (χ2n) is 2.80. The zero-order chi connectivity index (χ0) is 10.7. The van der Waals surface area contributed by atoms with E-state index in [9.17, 15) is 9.18 Å². The smallest absolute Gasteiger partial charge is 0.338 e. The zero-order valence-electron chi connectivity index (χ0n) is 7.27. The summed E-state index contributed by atoms with van der Waals surface area (Å²) in [5.41, 5.74) is 4.95. The molecule has 76 valence electrons. The molecule has 0 saturated carbocycles. The lowest BCUT2D eigenvalue weighted by Gasteiger charge is -2.10. The predicted octanol–water partition coefficient (Wildman–Crippen LogP) is 0.516. The molecule has 0 spiro atoms. The summed E-state index contributed by atoms with van der Waals surface area (Å²) in [7, 11) is 0. The highest BCUT2D eigenvalue weighted by atomic mass is 19.1. The number of aliphatic hydroxyl groups is 1. The summed E-state index contributed by atoms with van der Waals surface area (Å²) in [5, 5.41) is 17.3. The Morgan fingerprint density at radius 1 is 1.57 bits per heavy atom. The first-order valence-corrected chi connectivity index (χ1v) is 3.96. The number of carbonyl (C=O) groups is 1. The average Bonchev–Trinajstić information content (AvgIpc) is 2.16. The highest BCUT2D eigenvalue weighted by Crippen LogP contribution is 2.18. The molecule has 1 rings (SSSR count). The molecule has 4 nitrogen and oxygen atoms in total. The van der Waals surface area contributed by atoms with E-state index < -0.39 is 30.0 Å². The van der Waals surface area contributed by atoms with Crippen LogP contribution in [-0.4, -0.2) is 22.8 Å². The Morgan fingerprint density at radius 2 is 2.21 bits per heavy atom. The number of carboxylic acids is 1. The number of carboxylic acid groups (broad SMARTS) is 1. The molecule has 0 aliphatic carbocycles. The van der Waals surface area contributed by atoms with E-state index in [4.69, 9.17) is 15.9 Å². The summed E-state index contributed by atoms with van der Waals surface area (Å²) < 4.78 is 13.4. The van der Waals surface area contributed by atoms with E-state index in [1.807, 2.05) is 0 Å². The molecule has 14 heavy (non-hydrogen) atoms. The lowest BCUT2D eigenvalue weighted by atomic mass is 10.0. The normalized spacial score (nSPS) is 12.5. The van der Waals surface area contributed by atoms with E-state index in [2.05, 4.69) is 0 Å². The van der Waals surface area contributed by atoms with Crippen LogP contribution in [0.25, 0.3) is 0 Å². The molecule has 5 heteroatoms. The van der Waals surface area contributed by atoms with Gasteiger partial charge in [0.05, 0.1) is 18.2 Å². The third kappa shape index (κ3) is 1.89. The highest BCUT2D eigenvalue weighted by molar-refractivity contribution is 5.88. The van der Waals surface area contributed by atoms with Crippen LogP contribution in [0.4, 0.5) is 4.39 Å². The number of hydrogen-bond acceptors (Lipinski definition) is 3. The van der Waals surface area contributed by atoms with Gasteiger partial charge in [-0.2, -0.15) is 0 Å². The summed E-state index contributed by atoms with van der Waals surface area (Å²) in [4.78, 5) is 10.5. The number of aliphatic hydroxyl groups excluding tert-OH is 1. The van der Waals surface area contributed by atoms with E-state index in [0.29, 0.717) is 0 Å². The molecule has 1 aromatic rings. The van der Waals surface area contributed by atoms with Gasteiger partial charge in [-0.05, 0) is 6.07 Å². The average molecular weight is 199 g/mol. The van der Waals surface area contributed by atoms with Gasteiger partial charge in [-0.3, -0.25) is 0 Å². The fourth-order valence-corrected chi connectivity index (χ4v) is 1.10. The molecule has 0 aliphatic rings. The molecule has 0 saturated heterocycles. The molecule has 0 aromatic heterocycles. The Bertz CT molecular complexity index is 354. The Balaban J connectivity index is 3.20. The molecule has 0 aliphatic heterocycles. The number of aromatic carboxylic acids is 1. The van der Waals surface area contributed by atoms with Gasteiger partial charge in [0, 0.05) is 5.56 Å². The van der Waals surface area contributed by atoms with Crippen LogP contribution in [0.3, 0.4) is 0 Å². The SMILES string of the molecule is N[C@@H](CO)c1cccc(C(=O)O)c1F. The minimum absolute atomic E-state index is 0.00685. The van der Waals surface area contributed by atoms with Gasteiger partial charge in [0.2, 0.25) is 0 Å². The second kappa shape index (κ2) is 4.17. The van der Waals surface area contributed by atoms with Gasteiger partial charge in [-0.15, -0.1) is 0 Å². The molecule has 1 atom stereocenters. The summed E-state index contributed by atoms with van der Waals surface area (Å²) in [6.45, 7) is -0.431. The molecule has 0 heterocycles. The summed E-state index contributed by atoms with van der Waals surface area (Å²) >= 11 is 0. The summed E-state index contributed by atoms with van der Waals surface area (Å²) in [5.74, 6) is -2.24. The van der Waals surface area contributed by atoms with Crippen molar-refractivity contribution in [3.8, 4) is 0 Å². The maximum atomic E-state index is 13.4.